The van der Waals surface area contributed by atoms with Gasteiger partial charge in [0.2, 0.25) is 12.1 Å². The van der Waals surface area contributed by atoms with Gasteiger partial charge in [0.05, 0.1) is 12.7 Å². The molecular weight excluding hydrogens is 492 g/mol. The highest BCUT2D eigenvalue weighted by molar-refractivity contribution is 6.27. The number of ketones is 1. The van der Waals surface area contributed by atoms with E-state index < -0.39 is 61.5 Å². The molecule has 1 aliphatic rings. The van der Waals surface area contributed by atoms with Crippen molar-refractivity contribution in [2.45, 2.75) is 76.1 Å². The highest BCUT2D eigenvalue weighted by Crippen LogP contribution is 2.24. The van der Waals surface area contributed by atoms with E-state index in [2.05, 4.69) is 16.7 Å². The SMILES string of the molecule is C=[N+]=CC(=O)CC[C@H](NC(=O)OCc1ccc(O[C@@H]2O[C@H](CO)[C@@H](O)[C@H](O)[C@H]2O)cc1)C(=O)OC(C)C. The number of aliphatic hydroxyl groups is 4. The van der Waals surface area contributed by atoms with E-state index >= 15 is 0 Å². The molecule has 1 saturated heterocycles. The van der Waals surface area contributed by atoms with E-state index in [1.54, 1.807) is 26.0 Å². The maximum absolute atomic E-state index is 12.3. The number of nitrogens with zero attached hydrogens (tertiary/aromatic N) is 1. The first kappa shape index (κ1) is 29.9. The third kappa shape index (κ3) is 9.25. The number of hydrogen-bond donors (Lipinski definition) is 5. The summed E-state index contributed by atoms with van der Waals surface area (Å²) in [5, 5.41) is 41.4. The Bertz CT molecular complexity index is 960. The molecule has 1 aromatic rings. The molecule has 2 rings (SSSR count). The number of carbonyl (C=O) groups excluding carboxylic acids is 3. The van der Waals surface area contributed by atoms with Crippen LogP contribution in [0.3, 0.4) is 0 Å². The van der Waals surface area contributed by atoms with E-state index in [0.29, 0.717) is 5.56 Å². The molecule has 13 nitrogen and oxygen atoms in total. The molecule has 0 aliphatic carbocycles. The van der Waals surface area contributed by atoms with Crippen LogP contribution in [-0.4, -0.2) is 101 Å². The molecule has 1 aliphatic heterocycles. The Hall–Kier alpha value is -3.32. The lowest BCUT2D eigenvalue weighted by Gasteiger charge is -2.39. The van der Waals surface area contributed by atoms with Crippen LogP contribution in [-0.2, 0) is 30.4 Å². The summed E-state index contributed by atoms with van der Waals surface area (Å²) < 4.78 is 24.5. The highest BCUT2D eigenvalue weighted by Gasteiger charge is 2.44. The summed E-state index contributed by atoms with van der Waals surface area (Å²) in [6.07, 6.45) is -7.44. The van der Waals surface area contributed by atoms with Crippen LogP contribution in [0.25, 0.3) is 0 Å². The quantitative estimate of drug-likeness (QED) is 0.122. The first-order chi connectivity index (χ1) is 17.5. The molecule has 0 radical (unpaired) electrons. The van der Waals surface area contributed by atoms with Gasteiger partial charge >= 0.3 is 18.3 Å². The van der Waals surface area contributed by atoms with Gasteiger partial charge in [-0.15, -0.1) is 4.67 Å². The van der Waals surface area contributed by atoms with Gasteiger partial charge in [-0.2, -0.15) is 0 Å². The Kier molecular flexibility index (Phi) is 11.7. The Morgan fingerprint density at radius 1 is 1.14 bits per heavy atom. The van der Waals surface area contributed by atoms with Crippen molar-refractivity contribution in [1.82, 2.24) is 9.98 Å². The first-order valence-corrected chi connectivity index (χ1v) is 11.6. The molecule has 0 spiro atoms. The number of Topliss-reactive ketones (excluding diaryl/α,β-unsaturated/α-hetero) is 1. The van der Waals surface area contributed by atoms with E-state index in [4.69, 9.17) is 18.9 Å². The predicted octanol–water partition coefficient (Wildman–Crippen LogP) is -1.40. The number of esters is 1. The standard InChI is InChI=1S/C24H32N2O11/c1-13(2)35-22(32)17(9-6-15(28)10-25-3)26-24(33)34-12-14-4-7-16(8-5-14)36-23-21(31)20(30)19(29)18(11-27)37-23/h4-5,7-8,10,13,17-21,23,27,29-31H,3,6,9,11-12H2,1-2H3/p+1/t17-,18+,19+,20-,21+,23+/m0/s1. The number of aliphatic hydroxyl groups excluding tert-OH is 4. The molecule has 37 heavy (non-hydrogen) atoms. The van der Waals surface area contributed by atoms with Crippen molar-refractivity contribution < 1.29 is 53.8 Å². The maximum Gasteiger partial charge on any atom is 0.408 e. The molecule has 1 heterocycles. The van der Waals surface area contributed by atoms with Gasteiger partial charge < -0.3 is 44.7 Å². The van der Waals surface area contributed by atoms with Crippen LogP contribution in [0, 0.1) is 0 Å². The van der Waals surface area contributed by atoms with Crippen LogP contribution < -0.4 is 14.7 Å². The van der Waals surface area contributed by atoms with Crippen LogP contribution in [0.15, 0.2) is 24.3 Å². The number of nitrogens with one attached hydrogen (secondary N) is 1. The van der Waals surface area contributed by atoms with Crippen molar-refractivity contribution in [3.05, 3.63) is 29.8 Å². The predicted molar refractivity (Wildman–Crippen MR) is 129 cm³/mol. The van der Waals surface area contributed by atoms with Crippen molar-refractivity contribution in [2.24, 2.45) is 0 Å². The monoisotopic (exact) mass is 525 g/mol. The molecular formula is C24H33N2O11+. The van der Waals surface area contributed by atoms with Gasteiger partial charge in [0.25, 0.3) is 6.72 Å². The van der Waals surface area contributed by atoms with Gasteiger partial charge in [0, 0.05) is 6.42 Å². The Morgan fingerprint density at radius 2 is 1.81 bits per heavy atom. The van der Waals surface area contributed by atoms with Crippen molar-refractivity contribution in [3.63, 3.8) is 0 Å². The lowest BCUT2D eigenvalue weighted by atomic mass is 9.99. The number of amides is 1. The summed E-state index contributed by atoms with van der Waals surface area (Å²) in [5.74, 6) is -0.830. The summed E-state index contributed by atoms with van der Waals surface area (Å²) >= 11 is 0. The molecule has 0 bridgehead atoms. The summed E-state index contributed by atoms with van der Waals surface area (Å²) in [7, 11) is 0. The molecule has 0 aromatic heterocycles. The molecule has 5 N–H and O–H groups in total. The molecule has 204 valence electrons. The normalized spacial score (nSPS) is 23.9. The van der Waals surface area contributed by atoms with Gasteiger partial charge in [0.1, 0.15) is 42.8 Å². The fraction of sp³-hybridized carbons (Fsp3) is 0.542. The number of rotatable bonds is 12. The van der Waals surface area contributed by atoms with Crippen LogP contribution >= 0.6 is 0 Å². The van der Waals surface area contributed by atoms with Crippen LogP contribution in [0.1, 0.15) is 32.3 Å². The minimum absolute atomic E-state index is 0.0184. The third-order valence-corrected chi connectivity index (χ3v) is 5.24. The second kappa shape index (κ2) is 14.4. The Labute approximate surface area is 213 Å². The Morgan fingerprint density at radius 3 is 2.41 bits per heavy atom. The molecule has 13 heteroatoms. The topological polar surface area (TPSA) is 195 Å². The molecule has 0 saturated carbocycles. The van der Waals surface area contributed by atoms with E-state index in [0.717, 1.165) is 6.21 Å². The van der Waals surface area contributed by atoms with Crippen molar-refractivity contribution >= 4 is 30.8 Å². The first-order valence-electron chi connectivity index (χ1n) is 11.6. The van der Waals surface area contributed by atoms with Crippen LogP contribution in [0.4, 0.5) is 4.79 Å². The smallest absolute Gasteiger partial charge is 0.408 e. The molecule has 6 atom stereocenters. The van der Waals surface area contributed by atoms with Crippen LogP contribution in [0.2, 0.25) is 0 Å². The third-order valence-electron chi connectivity index (χ3n) is 5.24. The average molecular weight is 526 g/mol. The van der Waals surface area contributed by atoms with Gasteiger partial charge in [-0.25, -0.2) is 9.59 Å². The molecule has 1 fully saturated rings. The van der Waals surface area contributed by atoms with E-state index in [1.807, 2.05) is 0 Å². The van der Waals surface area contributed by atoms with Gasteiger partial charge in [-0.3, -0.25) is 4.79 Å². The second-order valence-corrected chi connectivity index (χ2v) is 8.53. The lowest BCUT2D eigenvalue weighted by molar-refractivity contribution is -0.277. The zero-order valence-electron chi connectivity index (χ0n) is 20.6. The van der Waals surface area contributed by atoms with Crippen LogP contribution in [0.5, 0.6) is 5.75 Å². The number of hydrogen-bond acceptors (Lipinski definition) is 11. The highest BCUT2D eigenvalue weighted by atomic mass is 16.7. The fourth-order valence-corrected chi connectivity index (χ4v) is 3.31. The second-order valence-electron chi connectivity index (χ2n) is 8.53. The van der Waals surface area contributed by atoms with Gasteiger partial charge in [-0.1, -0.05) is 12.1 Å². The summed E-state index contributed by atoms with van der Waals surface area (Å²) in [6, 6.07) is 5.01. The van der Waals surface area contributed by atoms with E-state index in [-0.39, 0.29) is 31.0 Å². The number of ether oxygens (including phenoxy) is 4. The Balaban J connectivity index is 1.91. The number of carbonyl (C=O) groups is 3. The van der Waals surface area contributed by atoms with Crippen molar-refractivity contribution in [3.8, 4) is 5.75 Å². The zero-order valence-corrected chi connectivity index (χ0v) is 20.6. The van der Waals surface area contributed by atoms with Crippen molar-refractivity contribution in [1.29, 1.82) is 0 Å². The van der Waals surface area contributed by atoms with E-state index in [9.17, 15) is 34.8 Å². The summed E-state index contributed by atoms with van der Waals surface area (Å²) in [5.41, 5.74) is 0.555. The minimum Gasteiger partial charge on any atom is -0.462 e. The summed E-state index contributed by atoms with van der Waals surface area (Å²) in [6.45, 7) is 5.75. The fourth-order valence-electron chi connectivity index (χ4n) is 3.31. The minimum atomic E-state index is -1.57. The number of alkyl carbamates (subject to hydrolysis) is 1. The number of benzene rings is 1. The molecule has 1 aromatic carbocycles. The molecule has 0 unspecified atom stereocenters. The zero-order chi connectivity index (χ0) is 27.5. The lowest BCUT2D eigenvalue weighted by Crippen LogP contribution is -2.60. The summed E-state index contributed by atoms with van der Waals surface area (Å²) in [4.78, 5) is 36.2. The van der Waals surface area contributed by atoms with Crippen molar-refractivity contribution in [2.75, 3.05) is 6.61 Å². The van der Waals surface area contributed by atoms with Gasteiger partial charge in [0.15, 0.2) is 0 Å². The maximum atomic E-state index is 12.3. The van der Waals surface area contributed by atoms with E-state index in [1.165, 1.54) is 12.1 Å². The van der Waals surface area contributed by atoms with Gasteiger partial charge in [-0.05, 0) is 38.0 Å². The average Bonchev–Trinajstić information content (AvgIpc) is 2.86. The largest absolute Gasteiger partial charge is 0.462 e. The molecule has 1 amide bonds.